The SMILES string of the molecule is O=C(Oc1ccccc1)c1ccccc1OCn1nnc2ccccc2c1=O. The fourth-order valence-electron chi connectivity index (χ4n) is 2.65. The number of carbonyl (C=O) groups excluding carboxylic acids is 1. The van der Waals surface area contributed by atoms with Gasteiger partial charge in [0.05, 0.1) is 5.39 Å². The molecule has 0 saturated heterocycles. The Labute approximate surface area is 159 Å². The zero-order chi connectivity index (χ0) is 19.3. The maximum atomic E-state index is 12.5. The minimum Gasteiger partial charge on any atom is -0.470 e. The molecular weight excluding hydrogens is 358 g/mol. The van der Waals surface area contributed by atoms with E-state index in [4.69, 9.17) is 9.47 Å². The molecule has 0 spiro atoms. The van der Waals surface area contributed by atoms with Crippen molar-refractivity contribution in [3.63, 3.8) is 0 Å². The first-order valence-electron chi connectivity index (χ1n) is 8.54. The van der Waals surface area contributed by atoms with Crippen molar-refractivity contribution in [2.45, 2.75) is 6.73 Å². The number of nitrogens with zero attached hydrogens (tertiary/aromatic N) is 3. The number of para-hydroxylation sites is 2. The van der Waals surface area contributed by atoms with Crippen molar-refractivity contribution in [3.8, 4) is 11.5 Å². The number of fused-ring (bicyclic) bond motifs is 1. The lowest BCUT2D eigenvalue weighted by Crippen LogP contribution is -2.27. The van der Waals surface area contributed by atoms with E-state index in [9.17, 15) is 9.59 Å². The molecular formula is C21H15N3O4. The van der Waals surface area contributed by atoms with Crippen molar-refractivity contribution in [3.05, 3.63) is 94.8 Å². The molecule has 0 amide bonds. The number of rotatable bonds is 5. The summed E-state index contributed by atoms with van der Waals surface area (Å²) in [5.41, 5.74) is 0.429. The van der Waals surface area contributed by atoms with Crippen molar-refractivity contribution < 1.29 is 14.3 Å². The van der Waals surface area contributed by atoms with Gasteiger partial charge in [0.1, 0.15) is 22.6 Å². The average molecular weight is 373 g/mol. The third-order valence-corrected chi connectivity index (χ3v) is 4.03. The standard InChI is InChI=1S/C21H15N3O4/c25-20-16-10-4-6-12-18(16)22-23-24(20)14-27-19-13-7-5-11-17(19)21(26)28-15-8-2-1-3-9-15/h1-13H,14H2. The number of esters is 1. The molecule has 0 bridgehead atoms. The highest BCUT2D eigenvalue weighted by atomic mass is 16.5. The third kappa shape index (κ3) is 3.59. The molecule has 138 valence electrons. The molecule has 0 N–H and O–H groups in total. The highest BCUT2D eigenvalue weighted by molar-refractivity contribution is 5.93. The monoisotopic (exact) mass is 373 g/mol. The van der Waals surface area contributed by atoms with Crippen molar-refractivity contribution in [1.29, 1.82) is 0 Å². The first kappa shape index (κ1) is 17.4. The first-order valence-corrected chi connectivity index (χ1v) is 8.54. The van der Waals surface area contributed by atoms with Crippen LogP contribution < -0.4 is 15.0 Å². The Bertz CT molecular complexity index is 1190. The second kappa shape index (κ2) is 7.71. The minimum atomic E-state index is -0.557. The smallest absolute Gasteiger partial charge is 0.347 e. The van der Waals surface area contributed by atoms with Crippen LogP contribution in [0, 0.1) is 0 Å². The van der Waals surface area contributed by atoms with Gasteiger partial charge in [0.15, 0.2) is 6.73 Å². The number of ether oxygens (including phenoxy) is 2. The van der Waals surface area contributed by atoms with E-state index in [0.717, 1.165) is 4.68 Å². The lowest BCUT2D eigenvalue weighted by molar-refractivity contribution is 0.0727. The average Bonchev–Trinajstić information content (AvgIpc) is 2.74. The van der Waals surface area contributed by atoms with E-state index in [1.807, 2.05) is 6.07 Å². The molecule has 0 radical (unpaired) electrons. The molecule has 7 nitrogen and oxygen atoms in total. The fourth-order valence-corrected chi connectivity index (χ4v) is 2.65. The van der Waals surface area contributed by atoms with Gasteiger partial charge in [-0.25, -0.2) is 4.79 Å². The van der Waals surface area contributed by atoms with Crippen LogP contribution in [0.15, 0.2) is 83.7 Å². The number of hydrogen-bond acceptors (Lipinski definition) is 6. The Hall–Kier alpha value is -4.00. The van der Waals surface area contributed by atoms with Gasteiger partial charge in [-0.2, -0.15) is 4.68 Å². The number of carbonyl (C=O) groups is 1. The summed E-state index contributed by atoms with van der Waals surface area (Å²) >= 11 is 0. The van der Waals surface area contributed by atoms with Crippen LogP contribution in [0.25, 0.3) is 10.9 Å². The molecule has 0 atom stereocenters. The van der Waals surface area contributed by atoms with Crippen LogP contribution in [-0.2, 0) is 6.73 Å². The molecule has 7 heteroatoms. The summed E-state index contributed by atoms with van der Waals surface area (Å²) in [7, 11) is 0. The highest BCUT2D eigenvalue weighted by Crippen LogP contribution is 2.21. The Morgan fingerprint density at radius 3 is 2.46 bits per heavy atom. The van der Waals surface area contributed by atoms with Crippen LogP contribution in [0.4, 0.5) is 0 Å². The minimum absolute atomic E-state index is 0.188. The van der Waals surface area contributed by atoms with Crippen molar-refractivity contribution in [2.24, 2.45) is 0 Å². The summed E-state index contributed by atoms with van der Waals surface area (Å²) in [6.07, 6.45) is 0. The van der Waals surface area contributed by atoms with Crippen LogP contribution >= 0.6 is 0 Å². The second-order valence-electron chi connectivity index (χ2n) is 5.88. The van der Waals surface area contributed by atoms with Gasteiger partial charge in [0, 0.05) is 0 Å². The number of hydrogen-bond donors (Lipinski definition) is 0. The molecule has 0 unspecified atom stereocenters. The topological polar surface area (TPSA) is 83.3 Å². The van der Waals surface area contributed by atoms with Gasteiger partial charge in [0.2, 0.25) is 0 Å². The summed E-state index contributed by atoms with van der Waals surface area (Å²) in [4.78, 5) is 25.0. The predicted molar refractivity (Wildman–Crippen MR) is 102 cm³/mol. The van der Waals surface area contributed by atoms with E-state index in [-0.39, 0.29) is 23.6 Å². The molecule has 0 aliphatic heterocycles. The summed E-state index contributed by atoms with van der Waals surface area (Å²) in [6, 6.07) is 22.3. The normalized spacial score (nSPS) is 10.6. The van der Waals surface area contributed by atoms with E-state index in [2.05, 4.69) is 10.3 Å². The molecule has 1 aromatic heterocycles. The van der Waals surface area contributed by atoms with Gasteiger partial charge >= 0.3 is 5.97 Å². The van der Waals surface area contributed by atoms with Gasteiger partial charge in [-0.15, -0.1) is 5.10 Å². The zero-order valence-corrected chi connectivity index (χ0v) is 14.7. The van der Waals surface area contributed by atoms with Crippen LogP contribution in [0.5, 0.6) is 11.5 Å². The fraction of sp³-hybridized carbons (Fsp3) is 0.0476. The highest BCUT2D eigenvalue weighted by Gasteiger charge is 2.15. The molecule has 3 aromatic carbocycles. The Balaban J connectivity index is 1.55. The van der Waals surface area contributed by atoms with Crippen LogP contribution in [0.2, 0.25) is 0 Å². The van der Waals surface area contributed by atoms with Gasteiger partial charge in [-0.05, 0) is 36.4 Å². The molecule has 4 aromatic rings. The van der Waals surface area contributed by atoms with Gasteiger partial charge < -0.3 is 9.47 Å². The van der Waals surface area contributed by atoms with E-state index in [1.165, 1.54) is 0 Å². The summed E-state index contributed by atoms with van der Waals surface area (Å²) in [6.45, 7) is -0.188. The zero-order valence-electron chi connectivity index (χ0n) is 14.7. The first-order chi connectivity index (χ1) is 13.7. The van der Waals surface area contributed by atoms with Crippen molar-refractivity contribution >= 4 is 16.9 Å². The summed E-state index contributed by atoms with van der Waals surface area (Å²) in [5, 5.41) is 8.33. The van der Waals surface area contributed by atoms with Crippen molar-refractivity contribution in [1.82, 2.24) is 15.0 Å². The molecule has 4 rings (SSSR count). The number of benzene rings is 3. The quantitative estimate of drug-likeness (QED) is 0.395. The van der Waals surface area contributed by atoms with Gasteiger partial charge in [-0.3, -0.25) is 4.79 Å². The van der Waals surface area contributed by atoms with Crippen LogP contribution in [-0.4, -0.2) is 21.0 Å². The van der Waals surface area contributed by atoms with E-state index in [0.29, 0.717) is 16.7 Å². The molecule has 28 heavy (non-hydrogen) atoms. The van der Waals surface area contributed by atoms with Gasteiger partial charge in [0.25, 0.3) is 5.56 Å². The lowest BCUT2D eigenvalue weighted by atomic mass is 10.2. The lowest BCUT2D eigenvalue weighted by Gasteiger charge is -2.11. The second-order valence-corrected chi connectivity index (χ2v) is 5.88. The Morgan fingerprint density at radius 1 is 0.893 bits per heavy atom. The van der Waals surface area contributed by atoms with Crippen LogP contribution in [0.3, 0.4) is 0 Å². The largest absolute Gasteiger partial charge is 0.470 e. The van der Waals surface area contributed by atoms with E-state index >= 15 is 0 Å². The van der Waals surface area contributed by atoms with E-state index in [1.54, 1.807) is 72.8 Å². The summed E-state index contributed by atoms with van der Waals surface area (Å²) < 4.78 is 12.1. The molecule has 0 fully saturated rings. The molecule has 0 saturated carbocycles. The third-order valence-electron chi connectivity index (χ3n) is 4.03. The Morgan fingerprint density at radius 2 is 1.61 bits per heavy atom. The predicted octanol–water partition coefficient (Wildman–Crippen LogP) is 3.05. The molecule has 0 aliphatic rings. The van der Waals surface area contributed by atoms with Gasteiger partial charge in [-0.1, -0.05) is 47.7 Å². The molecule has 0 aliphatic carbocycles. The maximum Gasteiger partial charge on any atom is 0.347 e. The summed E-state index contributed by atoms with van der Waals surface area (Å²) in [5.74, 6) is 0.156. The molecule has 1 heterocycles. The number of aromatic nitrogens is 3. The Kier molecular flexibility index (Phi) is 4.79. The van der Waals surface area contributed by atoms with Crippen molar-refractivity contribution in [2.75, 3.05) is 0 Å². The van der Waals surface area contributed by atoms with E-state index < -0.39 is 5.97 Å². The van der Waals surface area contributed by atoms with Crippen LogP contribution in [0.1, 0.15) is 10.4 Å². The maximum absolute atomic E-state index is 12.5.